The molecule has 0 bridgehead atoms. The molecule has 1 aliphatic carbocycles. The molecule has 3 heteroatoms. The Balaban J connectivity index is 2.36. The van der Waals surface area contributed by atoms with E-state index in [0.717, 1.165) is 36.2 Å². The Labute approximate surface area is 158 Å². The van der Waals surface area contributed by atoms with Gasteiger partial charge in [0.2, 0.25) is 0 Å². The molecule has 0 aliphatic heterocycles. The first-order valence-electron chi connectivity index (χ1n) is 9.63. The molecule has 0 heterocycles. The Morgan fingerprint density at radius 3 is 2.58 bits per heavy atom. The van der Waals surface area contributed by atoms with E-state index in [1.807, 2.05) is 12.1 Å². The number of hydrogen-bond donors (Lipinski definition) is 0. The molecule has 3 nitrogen and oxygen atoms in total. The number of hydrogen-bond acceptors (Lipinski definition) is 3. The van der Waals surface area contributed by atoms with Crippen molar-refractivity contribution in [2.75, 3.05) is 0 Å². The minimum Gasteiger partial charge on any atom is -0.491 e. The average molecular weight is 357 g/mol. The quantitative estimate of drug-likeness (QED) is 0.531. The van der Waals surface area contributed by atoms with Crippen LogP contribution in [0.4, 0.5) is 0 Å². The van der Waals surface area contributed by atoms with Crippen molar-refractivity contribution in [3.05, 3.63) is 53.3 Å². The van der Waals surface area contributed by atoms with Crippen molar-refractivity contribution in [1.82, 2.24) is 0 Å². The Morgan fingerprint density at radius 2 is 1.96 bits per heavy atom. The van der Waals surface area contributed by atoms with Crippen molar-refractivity contribution in [2.24, 2.45) is 5.92 Å². The van der Waals surface area contributed by atoms with Crippen molar-refractivity contribution in [1.29, 1.82) is 0 Å². The molecule has 0 radical (unpaired) electrons. The summed E-state index contributed by atoms with van der Waals surface area (Å²) < 4.78 is 12.1. The number of benzene rings is 1. The second-order valence-corrected chi connectivity index (χ2v) is 7.82. The van der Waals surface area contributed by atoms with Crippen LogP contribution in [0.5, 0.6) is 5.75 Å². The smallest absolute Gasteiger partial charge is 0.150 e. The molecule has 1 aromatic rings. The molecule has 3 unspecified atom stereocenters. The van der Waals surface area contributed by atoms with Gasteiger partial charge in [0.25, 0.3) is 0 Å². The summed E-state index contributed by atoms with van der Waals surface area (Å²) in [5, 5.41) is 0. The molecule has 1 aromatic carbocycles. The van der Waals surface area contributed by atoms with Gasteiger partial charge in [0.15, 0.2) is 0 Å². The summed E-state index contributed by atoms with van der Waals surface area (Å²) in [5.74, 6) is 2.13. The van der Waals surface area contributed by atoms with E-state index in [0.29, 0.717) is 11.5 Å². The summed E-state index contributed by atoms with van der Waals surface area (Å²) in [5.41, 5.74) is 1.46. The highest BCUT2D eigenvalue weighted by molar-refractivity contribution is 5.76. The summed E-state index contributed by atoms with van der Waals surface area (Å²) in [7, 11) is 0. The molecule has 142 valence electrons. The molecule has 0 fully saturated rings. The average Bonchev–Trinajstić information content (AvgIpc) is 2.62. The third-order valence-corrected chi connectivity index (χ3v) is 5.10. The lowest BCUT2D eigenvalue weighted by Crippen LogP contribution is -2.27. The summed E-state index contributed by atoms with van der Waals surface area (Å²) in [4.78, 5) is 11.4. The van der Waals surface area contributed by atoms with E-state index < -0.39 is 0 Å². The SMILES string of the molecule is CCC(C)OC1=CC(c2cc(C=O)cc(OC(C)(C)CC)c2)C(C)C=C1. The topological polar surface area (TPSA) is 35.5 Å². The van der Waals surface area contributed by atoms with Crippen LogP contribution >= 0.6 is 0 Å². The lowest BCUT2D eigenvalue weighted by atomic mass is 9.83. The summed E-state index contributed by atoms with van der Waals surface area (Å²) in [6.45, 7) is 12.6. The van der Waals surface area contributed by atoms with Crippen LogP contribution in [0, 0.1) is 5.92 Å². The second-order valence-electron chi connectivity index (χ2n) is 7.82. The van der Waals surface area contributed by atoms with Crippen molar-refractivity contribution in [2.45, 2.75) is 72.0 Å². The molecule has 0 saturated heterocycles. The second kappa shape index (κ2) is 8.57. The fourth-order valence-corrected chi connectivity index (χ4v) is 2.90. The van der Waals surface area contributed by atoms with Crippen LogP contribution in [-0.2, 0) is 4.74 Å². The van der Waals surface area contributed by atoms with Gasteiger partial charge in [-0.2, -0.15) is 0 Å². The predicted molar refractivity (Wildman–Crippen MR) is 107 cm³/mol. The Hall–Kier alpha value is -2.03. The number of ether oxygens (including phenoxy) is 2. The summed E-state index contributed by atoms with van der Waals surface area (Å²) in [6.07, 6.45) is 9.32. The van der Waals surface area contributed by atoms with Gasteiger partial charge in [-0.15, -0.1) is 0 Å². The number of rotatable bonds is 8. The van der Waals surface area contributed by atoms with Crippen molar-refractivity contribution < 1.29 is 14.3 Å². The van der Waals surface area contributed by atoms with E-state index in [-0.39, 0.29) is 17.6 Å². The molecular weight excluding hydrogens is 324 g/mol. The van der Waals surface area contributed by atoms with Crippen LogP contribution in [0.25, 0.3) is 0 Å². The lowest BCUT2D eigenvalue weighted by molar-refractivity contribution is 0.104. The Morgan fingerprint density at radius 1 is 1.23 bits per heavy atom. The fourth-order valence-electron chi connectivity index (χ4n) is 2.90. The molecule has 3 atom stereocenters. The third-order valence-electron chi connectivity index (χ3n) is 5.10. The van der Waals surface area contributed by atoms with Crippen LogP contribution in [0.2, 0.25) is 0 Å². The monoisotopic (exact) mass is 356 g/mol. The van der Waals surface area contributed by atoms with E-state index in [9.17, 15) is 4.79 Å². The minimum absolute atomic E-state index is 0.158. The summed E-state index contributed by atoms with van der Waals surface area (Å²) >= 11 is 0. The molecule has 0 saturated carbocycles. The highest BCUT2D eigenvalue weighted by atomic mass is 16.5. The van der Waals surface area contributed by atoms with Crippen molar-refractivity contribution >= 4 is 6.29 Å². The van der Waals surface area contributed by atoms with Gasteiger partial charge in [-0.25, -0.2) is 0 Å². The van der Waals surface area contributed by atoms with Crippen LogP contribution in [0.1, 0.15) is 76.2 Å². The van der Waals surface area contributed by atoms with Gasteiger partial charge in [0, 0.05) is 11.5 Å². The molecule has 26 heavy (non-hydrogen) atoms. The van der Waals surface area contributed by atoms with Crippen LogP contribution in [-0.4, -0.2) is 18.0 Å². The number of aldehydes is 1. The summed E-state index contributed by atoms with van der Waals surface area (Å²) in [6, 6.07) is 5.83. The van der Waals surface area contributed by atoms with E-state index in [4.69, 9.17) is 9.47 Å². The zero-order chi connectivity index (χ0) is 19.3. The van der Waals surface area contributed by atoms with Gasteiger partial charge in [-0.3, -0.25) is 4.79 Å². The fraction of sp³-hybridized carbons (Fsp3) is 0.522. The van der Waals surface area contributed by atoms with Crippen LogP contribution in [0.3, 0.4) is 0 Å². The van der Waals surface area contributed by atoms with E-state index in [2.05, 4.69) is 65.8 Å². The van der Waals surface area contributed by atoms with E-state index >= 15 is 0 Å². The van der Waals surface area contributed by atoms with Gasteiger partial charge in [-0.1, -0.05) is 26.8 Å². The highest BCUT2D eigenvalue weighted by Crippen LogP contribution is 2.35. The standard InChI is InChI=1S/C23H32O3/c1-7-17(4)25-20-10-9-16(3)22(14-20)19-11-18(15-24)12-21(13-19)26-23(5,6)8-2/h9-17,22H,7-8H2,1-6H3. The molecule has 0 aromatic heterocycles. The minimum atomic E-state index is -0.266. The van der Waals surface area contributed by atoms with E-state index in [1.165, 1.54) is 0 Å². The van der Waals surface area contributed by atoms with Crippen LogP contribution < -0.4 is 4.74 Å². The molecule has 0 N–H and O–H groups in total. The highest BCUT2D eigenvalue weighted by Gasteiger charge is 2.23. The first-order chi connectivity index (χ1) is 12.3. The first-order valence-corrected chi connectivity index (χ1v) is 9.63. The molecule has 2 rings (SSSR count). The number of allylic oxidation sites excluding steroid dienone is 3. The zero-order valence-corrected chi connectivity index (χ0v) is 16.9. The van der Waals surface area contributed by atoms with Gasteiger partial charge >= 0.3 is 0 Å². The molecule has 0 spiro atoms. The van der Waals surface area contributed by atoms with E-state index in [1.54, 1.807) is 0 Å². The molecular formula is C23H32O3. The first kappa shape index (κ1) is 20.3. The lowest BCUT2D eigenvalue weighted by Gasteiger charge is -2.28. The number of carbonyl (C=O) groups is 1. The maximum atomic E-state index is 11.4. The maximum Gasteiger partial charge on any atom is 0.150 e. The van der Waals surface area contributed by atoms with Crippen molar-refractivity contribution in [3.8, 4) is 5.75 Å². The largest absolute Gasteiger partial charge is 0.491 e. The van der Waals surface area contributed by atoms with Crippen LogP contribution in [0.15, 0.2) is 42.2 Å². The third kappa shape index (κ3) is 5.23. The molecule has 0 amide bonds. The maximum absolute atomic E-state index is 11.4. The van der Waals surface area contributed by atoms with Gasteiger partial charge in [0.1, 0.15) is 23.4 Å². The van der Waals surface area contributed by atoms with Gasteiger partial charge in [0.05, 0.1) is 6.10 Å². The Kier molecular flexibility index (Phi) is 6.69. The normalized spacial score (nSPS) is 21.1. The predicted octanol–water partition coefficient (Wildman–Crippen LogP) is 6.06. The zero-order valence-electron chi connectivity index (χ0n) is 16.9. The Bertz CT molecular complexity index is 685. The van der Waals surface area contributed by atoms with Crippen molar-refractivity contribution in [3.63, 3.8) is 0 Å². The van der Waals surface area contributed by atoms with Gasteiger partial charge in [-0.05, 0) is 75.4 Å². The number of carbonyl (C=O) groups excluding carboxylic acids is 1. The molecule has 1 aliphatic rings. The van der Waals surface area contributed by atoms with Gasteiger partial charge < -0.3 is 9.47 Å².